The number of anilines is 3. The Hall–Kier alpha value is -2.81. The molecule has 2 aromatic heterocycles. The number of hydrogen-bond acceptors (Lipinski definition) is 6. The van der Waals surface area contributed by atoms with Crippen molar-refractivity contribution in [1.82, 2.24) is 9.97 Å². The van der Waals surface area contributed by atoms with Crippen LogP contribution in [0.3, 0.4) is 0 Å². The SMILES string of the molecule is CC[C@H](N)[C@@H](C)Nc1nc(Nc2cnc(C)c(F)c2)c(C(N)=O)cc1F. The van der Waals surface area contributed by atoms with E-state index in [1.165, 1.54) is 19.2 Å². The third-order valence-electron chi connectivity index (χ3n) is 4.01. The number of nitrogens with one attached hydrogen (secondary N) is 2. The van der Waals surface area contributed by atoms with Crippen LogP contribution in [0.1, 0.15) is 36.3 Å². The van der Waals surface area contributed by atoms with Gasteiger partial charge in [-0.1, -0.05) is 6.92 Å². The van der Waals surface area contributed by atoms with E-state index in [9.17, 15) is 13.6 Å². The van der Waals surface area contributed by atoms with Crippen LogP contribution in [-0.2, 0) is 0 Å². The molecule has 0 radical (unpaired) electrons. The van der Waals surface area contributed by atoms with E-state index in [1.807, 2.05) is 6.92 Å². The van der Waals surface area contributed by atoms with Crippen molar-refractivity contribution in [3.63, 3.8) is 0 Å². The van der Waals surface area contributed by atoms with E-state index in [-0.39, 0.29) is 40.7 Å². The number of aromatic nitrogens is 2. The van der Waals surface area contributed by atoms with Crippen LogP contribution in [0.4, 0.5) is 26.1 Å². The fourth-order valence-electron chi connectivity index (χ4n) is 2.26. The zero-order valence-electron chi connectivity index (χ0n) is 14.8. The summed E-state index contributed by atoms with van der Waals surface area (Å²) in [6, 6.07) is 1.70. The zero-order valence-corrected chi connectivity index (χ0v) is 14.8. The maximum absolute atomic E-state index is 14.3. The minimum absolute atomic E-state index is 0.0104. The predicted octanol–water partition coefficient (Wildman–Crippen LogP) is 2.44. The molecule has 1 amide bonds. The van der Waals surface area contributed by atoms with Crippen LogP contribution in [0.5, 0.6) is 0 Å². The molecule has 2 aromatic rings. The van der Waals surface area contributed by atoms with E-state index in [4.69, 9.17) is 11.5 Å². The number of carbonyl (C=O) groups excluding carboxylic acids is 1. The lowest BCUT2D eigenvalue weighted by molar-refractivity contribution is 0.100. The first-order chi connectivity index (χ1) is 12.2. The quantitative estimate of drug-likeness (QED) is 0.599. The number of nitrogens with zero attached hydrogens (tertiary/aromatic N) is 2. The number of pyridine rings is 2. The van der Waals surface area contributed by atoms with Gasteiger partial charge >= 0.3 is 0 Å². The second-order valence-electron chi connectivity index (χ2n) is 6.00. The number of hydrogen-bond donors (Lipinski definition) is 4. The van der Waals surface area contributed by atoms with Crippen molar-refractivity contribution in [3.05, 3.63) is 41.2 Å². The van der Waals surface area contributed by atoms with Gasteiger partial charge in [0, 0.05) is 18.2 Å². The fraction of sp³-hybridized carbons (Fsp3) is 0.353. The van der Waals surface area contributed by atoms with Crippen LogP contribution >= 0.6 is 0 Å². The third-order valence-corrected chi connectivity index (χ3v) is 4.01. The first-order valence-corrected chi connectivity index (χ1v) is 8.14. The molecule has 0 spiro atoms. The maximum atomic E-state index is 14.3. The maximum Gasteiger partial charge on any atom is 0.252 e. The second kappa shape index (κ2) is 8.05. The summed E-state index contributed by atoms with van der Waals surface area (Å²) in [4.78, 5) is 19.6. The third kappa shape index (κ3) is 4.42. The van der Waals surface area contributed by atoms with E-state index in [2.05, 4.69) is 20.6 Å². The van der Waals surface area contributed by atoms with Crippen molar-refractivity contribution in [3.8, 4) is 0 Å². The Morgan fingerprint density at radius 1 is 1.27 bits per heavy atom. The van der Waals surface area contributed by atoms with Crippen molar-refractivity contribution in [2.75, 3.05) is 10.6 Å². The highest BCUT2D eigenvalue weighted by Crippen LogP contribution is 2.24. The molecule has 0 bridgehead atoms. The van der Waals surface area contributed by atoms with Crippen molar-refractivity contribution in [2.45, 2.75) is 39.3 Å². The monoisotopic (exact) mass is 364 g/mol. The zero-order chi connectivity index (χ0) is 19.4. The van der Waals surface area contributed by atoms with Gasteiger partial charge in [-0.25, -0.2) is 13.8 Å². The molecule has 9 heteroatoms. The van der Waals surface area contributed by atoms with Gasteiger partial charge in [-0.3, -0.25) is 9.78 Å². The highest BCUT2D eigenvalue weighted by molar-refractivity contribution is 5.98. The van der Waals surface area contributed by atoms with Crippen LogP contribution in [0.2, 0.25) is 0 Å². The molecule has 0 saturated heterocycles. The van der Waals surface area contributed by atoms with Crippen LogP contribution in [0, 0.1) is 18.6 Å². The molecule has 2 rings (SSSR count). The van der Waals surface area contributed by atoms with Crippen molar-refractivity contribution in [1.29, 1.82) is 0 Å². The van der Waals surface area contributed by atoms with E-state index in [0.29, 0.717) is 6.42 Å². The van der Waals surface area contributed by atoms with Gasteiger partial charge in [-0.15, -0.1) is 0 Å². The van der Waals surface area contributed by atoms with Crippen LogP contribution in [0.25, 0.3) is 0 Å². The molecule has 140 valence electrons. The van der Waals surface area contributed by atoms with E-state index in [1.54, 1.807) is 6.92 Å². The molecule has 26 heavy (non-hydrogen) atoms. The van der Waals surface area contributed by atoms with Gasteiger partial charge in [0.1, 0.15) is 11.6 Å². The molecule has 0 aromatic carbocycles. The standard InChI is InChI=1S/C17H22F2N6O/c1-4-14(20)9(3)23-17-13(19)6-11(15(21)26)16(25-17)24-10-5-12(18)8(2)22-7-10/h5-7,9,14H,4,20H2,1-3H3,(H2,21,26)(H2,23,24,25)/t9-,14+/m1/s1. The number of primary amides is 1. The molecule has 0 unspecified atom stereocenters. The Morgan fingerprint density at radius 2 is 1.96 bits per heavy atom. The summed E-state index contributed by atoms with van der Waals surface area (Å²) in [5, 5.41) is 5.63. The molecule has 0 aliphatic carbocycles. The average molecular weight is 364 g/mol. The number of nitrogens with two attached hydrogens (primary N) is 2. The molecular formula is C17H22F2N6O. The van der Waals surface area contributed by atoms with E-state index >= 15 is 0 Å². The molecule has 0 saturated carbocycles. The minimum atomic E-state index is -0.871. The van der Waals surface area contributed by atoms with Gasteiger partial charge < -0.3 is 22.1 Å². The minimum Gasteiger partial charge on any atom is -0.365 e. The Kier molecular flexibility index (Phi) is 6.04. The van der Waals surface area contributed by atoms with Crippen LogP contribution in [-0.4, -0.2) is 28.0 Å². The lowest BCUT2D eigenvalue weighted by Gasteiger charge is -2.21. The molecule has 0 aliphatic heterocycles. The summed E-state index contributed by atoms with van der Waals surface area (Å²) in [6.45, 7) is 5.23. The number of aryl methyl sites for hydroxylation is 1. The smallest absolute Gasteiger partial charge is 0.252 e. The largest absolute Gasteiger partial charge is 0.365 e. The molecular weight excluding hydrogens is 342 g/mol. The van der Waals surface area contributed by atoms with E-state index < -0.39 is 17.5 Å². The van der Waals surface area contributed by atoms with Gasteiger partial charge in [-0.05, 0) is 26.3 Å². The van der Waals surface area contributed by atoms with Crippen LogP contribution in [0.15, 0.2) is 18.3 Å². The number of rotatable bonds is 7. The van der Waals surface area contributed by atoms with Gasteiger partial charge in [0.25, 0.3) is 5.91 Å². The lowest BCUT2D eigenvalue weighted by atomic mass is 10.1. The predicted molar refractivity (Wildman–Crippen MR) is 96.3 cm³/mol. The summed E-state index contributed by atoms with van der Waals surface area (Å²) in [6.07, 6.45) is 2.06. The normalized spacial score (nSPS) is 13.2. The average Bonchev–Trinajstić information content (AvgIpc) is 2.59. The Bertz CT molecular complexity index is 814. The summed E-state index contributed by atoms with van der Waals surface area (Å²) in [7, 11) is 0. The molecule has 2 heterocycles. The molecule has 2 atom stereocenters. The Labute approximate surface area is 150 Å². The lowest BCUT2D eigenvalue weighted by Crippen LogP contribution is -2.38. The van der Waals surface area contributed by atoms with Gasteiger partial charge in [-0.2, -0.15) is 0 Å². The van der Waals surface area contributed by atoms with Crippen LogP contribution < -0.4 is 22.1 Å². The molecule has 0 fully saturated rings. The first kappa shape index (κ1) is 19.5. The number of halogens is 2. The molecule has 0 aliphatic rings. The number of amides is 1. The highest BCUT2D eigenvalue weighted by Gasteiger charge is 2.19. The van der Waals surface area contributed by atoms with Crippen molar-refractivity contribution < 1.29 is 13.6 Å². The first-order valence-electron chi connectivity index (χ1n) is 8.14. The summed E-state index contributed by atoms with van der Waals surface area (Å²) < 4.78 is 28.0. The summed E-state index contributed by atoms with van der Waals surface area (Å²) in [5.74, 6) is -2.24. The molecule has 6 N–H and O–H groups in total. The van der Waals surface area contributed by atoms with Gasteiger partial charge in [0.2, 0.25) is 0 Å². The van der Waals surface area contributed by atoms with Gasteiger partial charge in [0.15, 0.2) is 11.6 Å². The van der Waals surface area contributed by atoms with Gasteiger partial charge in [0.05, 0.1) is 23.1 Å². The molecule has 7 nitrogen and oxygen atoms in total. The highest BCUT2D eigenvalue weighted by atomic mass is 19.1. The summed E-state index contributed by atoms with van der Waals surface area (Å²) >= 11 is 0. The Morgan fingerprint density at radius 3 is 2.54 bits per heavy atom. The van der Waals surface area contributed by atoms with Crippen molar-refractivity contribution >= 4 is 23.2 Å². The Balaban J connectivity index is 2.40. The fourth-order valence-corrected chi connectivity index (χ4v) is 2.26. The second-order valence-corrected chi connectivity index (χ2v) is 6.00. The topological polar surface area (TPSA) is 119 Å². The van der Waals surface area contributed by atoms with E-state index in [0.717, 1.165) is 6.07 Å². The summed E-state index contributed by atoms with van der Waals surface area (Å²) in [5.41, 5.74) is 11.5. The number of carbonyl (C=O) groups is 1. The van der Waals surface area contributed by atoms with Crippen molar-refractivity contribution in [2.24, 2.45) is 11.5 Å².